The highest BCUT2D eigenvalue weighted by Gasteiger charge is 2.16. The third kappa shape index (κ3) is 1.79. The largest absolute Gasteiger partial charge is 0.465 e. The van der Waals surface area contributed by atoms with E-state index in [0.29, 0.717) is 5.82 Å². The molecule has 3 aromatic rings. The lowest BCUT2D eigenvalue weighted by molar-refractivity contribution is 0.203. The lowest BCUT2D eigenvalue weighted by atomic mass is 10.2. The third-order valence-electron chi connectivity index (χ3n) is 2.77. The number of nitrogens with one attached hydrogen (secondary N) is 2. The first-order valence-corrected chi connectivity index (χ1v) is 5.48. The Hall–Kier alpha value is -2.90. The van der Waals surface area contributed by atoms with E-state index < -0.39 is 6.09 Å². The Balaban J connectivity index is 2.05. The highest BCUT2D eigenvalue weighted by atomic mass is 16.4. The van der Waals surface area contributed by atoms with E-state index in [-0.39, 0.29) is 5.95 Å². The molecule has 3 aromatic heterocycles. The van der Waals surface area contributed by atoms with Crippen LogP contribution in [0.4, 0.5) is 10.7 Å². The number of hydrogen-bond acceptors (Lipinski definition) is 4. The number of aromatic nitrogens is 5. The smallest absolute Gasteiger partial charge is 0.414 e. The van der Waals surface area contributed by atoms with Gasteiger partial charge in [0.1, 0.15) is 5.65 Å². The summed E-state index contributed by atoms with van der Waals surface area (Å²) in [6.07, 6.45) is 2.32. The van der Waals surface area contributed by atoms with Crippen LogP contribution in [0, 0.1) is 0 Å². The number of H-pyrrole nitrogens is 2. The maximum atomic E-state index is 10.8. The molecule has 0 aliphatic carbocycles. The average molecular weight is 258 g/mol. The van der Waals surface area contributed by atoms with Crippen molar-refractivity contribution in [3.63, 3.8) is 0 Å². The third-order valence-corrected chi connectivity index (χ3v) is 2.77. The number of amides is 1. The van der Waals surface area contributed by atoms with Gasteiger partial charge < -0.3 is 10.1 Å². The minimum atomic E-state index is -1.12. The number of pyridine rings is 1. The first kappa shape index (κ1) is 11.2. The van der Waals surface area contributed by atoms with Gasteiger partial charge in [-0.3, -0.25) is 5.10 Å². The summed E-state index contributed by atoms with van der Waals surface area (Å²) in [4.78, 5) is 23.1. The second-order valence-corrected chi connectivity index (χ2v) is 3.93. The molecule has 3 heterocycles. The first-order valence-electron chi connectivity index (χ1n) is 5.48. The molecule has 19 heavy (non-hydrogen) atoms. The fourth-order valence-corrected chi connectivity index (χ4v) is 1.76. The molecule has 0 unspecified atom stereocenters. The van der Waals surface area contributed by atoms with Crippen molar-refractivity contribution in [3.05, 3.63) is 24.5 Å². The molecule has 8 heteroatoms. The van der Waals surface area contributed by atoms with Gasteiger partial charge in [-0.15, -0.1) is 5.10 Å². The number of carboxylic acid groups (broad SMARTS) is 1. The number of anilines is 1. The Morgan fingerprint density at radius 2 is 2.32 bits per heavy atom. The predicted octanol–water partition coefficient (Wildman–Crippen LogP) is 1.46. The van der Waals surface area contributed by atoms with E-state index in [9.17, 15) is 4.79 Å². The molecule has 3 N–H and O–H groups in total. The Morgan fingerprint density at radius 3 is 3.11 bits per heavy atom. The van der Waals surface area contributed by atoms with Crippen LogP contribution in [-0.4, -0.2) is 43.4 Å². The van der Waals surface area contributed by atoms with Crippen LogP contribution in [0.1, 0.15) is 0 Å². The lowest BCUT2D eigenvalue weighted by Crippen LogP contribution is -2.24. The van der Waals surface area contributed by atoms with Crippen LogP contribution in [0.3, 0.4) is 0 Å². The van der Waals surface area contributed by atoms with Crippen LogP contribution < -0.4 is 4.90 Å². The fraction of sp³-hybridized carbons (Fsp3) is 0.0909. The molecule has 0 saturated heterocycles. The molecule has 0 bridgehead atoms. The zero-order chi connectivity index (χ0) is 13.4. The van der Waals surface area contributed by atoms with Crippen molar-refractivity contribution < 1.29 is 9.90 Å². The van der Waals surface area contributed by atoms with Gasteiger partial charge in [0, 0.05) is 30.4 Å². The second-order valence-electron chi connectivity index (χ2n) is 3.93. The predicted molar refractivity (Wildman–Crippen MR) is 67.9 cm³/mol. The van der Waals surface area contributed by atoms with E-state index >= 15 is 0 Å². The van der Waals surface area contributed by atoms with E-state index in [1.165, 1.54) is 7.05 Å². The minimum Gasteiger partial charge on any atom is -0.465 e. The van der Waals surface area contributed by atoms with Crippen molar-refractivity contribution >= 4 is 23.1 Å². The molecule has 0 aliphatic rings. The van der Waals surface area contributed by atoms with E-state index in [0.717, 1.165) is 21.5 Å². The summed E-state index contributed by atoms with van der Waals surface area (Å²) in [7, 11) is 1.38. The van der Waals surface area contributed by atoms with Crippen LogP contribution in [-0.2, 0) is 0 Å². The number of carbonyl (C=O) groups is 1. The average Bonchev–Trinajstić information content (AvgIpc) is 3.03. The van der Waals surface area contributed by atoms with Gasteiger partial charge in [0.25, 0.3) is 5.95 Å². The Morgan fingerprint density at radius 1 is 1.47 bits per heavy atom. The van der Waals surface area contributed by atoms with Gasteiger partial charge in [-0.2, -0.15) is 4.98 Å². The van der Waals surface area contributed by atoms with Crippen molar-refractivity contribution in [2.75, 3.05) is 11.9 Å². The van der Waals surface area contributed by atoms with E-state index in [1.807, 2.05) is 12.1 Å². The van der Waals surface area contributed by atoms with Crippen LogP contribution in [0.5, 0.6) is 0 Å². The Bertz CT molecular complexity index is 746. The van der Waals surface area contributed by atoms with E-state index in [1.54, 1.807) is 12.4 Å². The Kier molecular flexibility index (Phi) is 2.41. The summed E-state index contributed by atoms with van der Waals surface area (Å²) >= 11 is 0. The molecule has 3 rings (SSSR count). The summed E-state index contributed by atoms with van der Waals surface area (Å²) in [5, 5.41) is 16.4. The summed E-state index contributed by atoms with van der Waals surface area (Å²) in [5.41, 5.74) is 1.53. The first-order chi connectivity index (χ1) is 9.16. The van der Waals surface area contributed by atoms with Crippen molar-refractivity contribution in [1.29, 1.82) is 0 Å². The molecular weight excluding hydrogens is 248 g/mol. The van der Waals surface area contributed by atoms with Gasteiger partial charge >= 0.3 is 6.09 Å². The summed E-state index contributed by atoms with van der Waals surface area (Å²) in [5.74, 6) is 0.586. The normalized spacial score (nSPS) is 10.8. The van der Waals surface area contributed by atoms with Crippen LogP contribution in [0.2, 0.25) is 0 Å². The van der Waals surface area contributed by atoms with Crippen molar-refractivity contribution in [2.45, 2.75) is 0 Å². The van der Waals surface area contributed by atoms with Crippen molar-refractivity contribution in [3.8, 4) is 11.4 Å². The zero-order valence-electron chi connectivity index (χ0n) is 9.95. The molecule has 96 valence electrons. The fourth-order valence-electron chi connectivity index (χ4n) is 1.76. The lowest BCUT2D eigenvalue weighted by Gasteiger charge is -2.05. The summed E-state index contributed by atoms with van der Waals surface area (Å²) in [6, 6.07) is 3.72. The van der Waals surface area contributed by atoms with Gasteiger partial charge in [0.15, 0.2) is 5.82 Å². The number of fused-ring (bicyclic) bond motifs is 1. The topological polar surface area (TPSA) is 111 Å². The number of nitrogens with zero attached hydrogens (tertiary/aromatic N) is 4. The van der Waals surface area contributed by atoms with Crippen molar-refractivity contribution in [1.82, 2.24) is 25.1 Å². The molecule has 1 amide bonds. The van der Waals surface area contributed by atoms with E-state index in [2.05, 4.69) is 25.1 Å². The molecule has 8 nitrogen and oxygen atoms in total. The maximum absolute atomic E-state index is 10.8. The monoisotopic (exact) mass is 258 g/mol. The molecule has 0 spiro atoms. The highest BCUT2D eigenvalue weighted by molar-refractivity contribution is 5.91. The maximum Gasteiger partial charge on any atom is 0.414 e. The Labute approximate surface area is 107 Å². The van der Waals surface area contributed by atoms with Crippen LogP contribution in [0.25, 0.3) is 22.4 Å². The standard InChI is InChI=1S/C11H10N6O2/c1-17(11(18)19)10-14-9(15-16-10)7-5-13-8-6(7)3-2-4-12-8/h2-5H,1H3,(H,12,13)(H,18,19)(H,14,15,16). The van der Waals surface area contributed by atoms with Gasteiger partial charge in [0.05, 0.1) is 0 Å². The molecule has 0 aromatic carbocycles. The second kappa shape index (κ2) is 4.09. The number of aromatic amines is 2. The quantitative estimate of drug-likeness (QED) is 0.644. The molecular formula is C11H10N6O2. The molecule has 0 radical (unpaired) electrons. The van der Waals surface area contributed by atoms with Gasteiger partial charge in [0.2, 0.25) is 0 Å². The summed E-state index contributed by atoms with van der Waals surface area (Å²) < 4.78 is 0. The molecule has 0 atom stereocenters. The SMILES string of the molecule is CN(C(=O)O)c1n[nH]c(-c2c[nH]c3ncccc23)n1. The molecule has 0 fully saturated rings. The minimum absolute atomic E-state index is 0.0979. The molecule has 0 saturated carbocycles. The number of rotatable bonds is 2. The van der Waals surface area contributed by atoms with Gasteiger partial charge in [-0.1, -0.05) is 0 Å². The number of hydrogen-bond donors (Lipinski definition) is 3. The zero-order valence-corrected chi connectivity index (χ0v) is 9.95. The van der Waals surface area contributed by atoms with Gasteiger partial charge in [-0.05, 0) is 12.1 Å². The van der Waals surface area contributed by atoms with Crippen molar-refractivity contribution in [2.24, 2.45) is 0 Å². The van der Waals surface area contributed by atoms with E-state index in [4.69, 9.17) is 5.11 Å². The summed E-state index contributed by atoms with van der Waals surface area (Å²) in [6.45, 7) is 0. The molecule has 0 aliphatic heterocycles. The van der Waals surface area contributed by atoms with Gasteiger partial charge in [-0.25, -0.2) is 14.7 Å². The van der Waals surface area contributed by atoms with Crippen LogP contribution in [0.15, 0.2) is 24.5 Å². The highest BCUT2D eigenvalue weighted by Crippen LogP contribution is 2.25. The van der Waals surface area contributed by atoms with Crippen LogP contribution >= 0.6 is 0 Å².